The molecule has 2 rings (SSSR count). The molecule has 0 aromatic carbocycles. The summed E-state index contributed by atoms with van der Waals surface area (Å²) in [6.07, 6.45) is 3.84. The highest BCUT2D eigenvalue weighted by molar-refractivity contribution is 7.09. The molecule has 0 saturated carbocycles. The lowest BCUT2D eigenvalue weighted by Crippen LogP contribution is -2.14. The normalized spacial score (nSPS) is 24.0. The molecule has 84 valence electrons. The van der Waals surface area contributed by atoms with Gasteiger partial charge in [0.05, 0.1) is 5.69 Å². The predicted octanol–water partition coefficient (Wildman–Crippen LogP) is 2.67. The van der Waals surface area contributed by atoms with Crippen molar-refractivity contribution in [1.29, 1.82) is 0 Å². The maximum atomic E-state index is 5.72. The molecule has 1 saturated heterocycles. The van der Waals surface area contributed by atoms with Crippen molar-refractivity contribution in [3.63, 3.8) is 0 Å². The molecule has 3 nitrogen and oxygen atoms in total. The molecule has 1 aromatic heterocycles. The molecule has 2 atom stereocenters. The van der Waals surface area contributed by atoms with Gasteiger partial charge in [-0.3, -0.25) is 0 Å². The smallest absolute Gasteiger partial charge is 0.122 e. The van der Waals surface area contributed by atoms with Gasteiger partial charge in [0.1, 0.15) is 11.1 Å². The molecule has 0 aliphatic carbocycles. The molecule has 15 heavy (non-hydrogen) atoms. The van der Waals surface area contributed by atoms with E-state index in [2.05, 4.69) is 22.6 Å². The number of aromatic nitrogens is 1. The minimum Gasteiger partial charge on any atom is -0.371 e. The van der Waals surface area contributed by atoms with E-state index in [9.17, 15) is 0 Å². The van der Waals surface area contributed by atoms with E-state index in [4.69, 9.17) is 4.74 Å². The summed E-state index contributed by atoms with van der Waals surface area (Å²) in [6, 6.07) is 0.332. The summed E-state index contributed by atoms with van der Waals surface area (Å²) >= 11 is 1.72. The van der Waals surface area contributed by atoms with Crippen LogP contribution in [-0.4, -0.2) is 18.6 Å². The lowest BCUT2D eigenvalue weighted by molar-refractivity contribution is 0.0147. The third-order valence-corrected chi connectivity index (χ3v) is 3.83. The van der Waals surface area contributed by atoms with Gasteiger partial charge in [0.25, 0.3) is 0 Å². The number of rotatable bonds is 3. The summed E-state index contributed by atoms with van der Waals surface area (Å²) in [4.78, 5) is 4.64. The second-order valence-electron chi connectivity index (χ2n) is 3.98. The summed E-state index contributed by atoms with van der Waals surface area (Å²) in [6.45, 7) is 3.02. The lowest BCUT2D eigenvalue weighted by atomic mass is 10.1. The maximum absolute atomic E-state index is 5.72. The molecular formula is C11H18N2OS. The minimum atomic E-state index is 0.251. The van der Waals surface area contributed by atoms with E-state index in [0.29, 0.717) is 6.04 Å². The number of nitrogens with one attached hydrogen (secondary N) is 1. The number of hydrogen-bond acceptors (Lipinski definition) is 4. The predicted molar refractivity (Wildman–Crippen MR) is 62.1 cm³/mol. The van der Waals surface area contributed by atoms with E-state index in [1.807, 2.05) is 7.05 Å². The van der Waals surface area contributed by atoms with Crippen molar-refractivity contribution in [2.45, 2.75) is 38.3 Å². The molecule has 2 heterocycles. The quantitative estimate of drug-likeness (QED) is 0.860. The molecule has 0 spiro atoms. The molecule has 0 radical (unpaired) electrons. The highest BCUT2D eigenvalue weighted by atomic mass is 32.1. The molecule has 1 fully saturated rings. The lowest BCUT2D eigenvalue weighted by Gasteiger charge is -2.20. The Balaban J connectivity index is 2.05. The zero-order chi connectivity index (χ0) is 10.7. The molecule has 1 aromatic rings. The zero-order valence-corrected chi connectivity index (χ0v) is 10.1. The highest BCUT2D eigenvalue weighted by Crippen LogP contribution is 2.30. The summed E-state index contributed by atoms with van der Waals surface area (Å²) in [5.74, 6) is 0. The molecular weight excluding hydrogens is 208 g/mol. The second-order valence-corrected chi connectivity index (χ2v) is 4.87. The van der Waals surface area contributed by atoms with Gasteiger partial charge in [-0.2, -0.15) is 0 Å². The van der Waals surface area contributed by atoms with Crippen LogP contribution in [0.1, 0.15) is 49.0 Å². The van der Waals surface area contributed by atoms with Crippen molar-refractivity contribution in [2.24, 2.45) is 0 Å². The SMILES string of the molecule is CNC(C)c1csc(C2CCCCO2)n1. The topological polar surface area (TPSA) is 34.1 Å². The first-order valence-corrected chi connectivity index (χ1v) is 6.43. The fourth-order valence-corrected chi connectivity index (χ4v) is 2.72. The number of ether oxygens (including phenoxy) is 1. The van der Waals surface area contributed by atoms with E-state index < -0.39 is 0 Å². The van der Waals surface area contributed by atoms with Crippen molar-refractivity contribution in [2.75, 3.05) is 13.7 Å². The summed E-state index contributed by atoms with van der Waals surface area (Å²) < 4.78 is 5.72. The first-order valence-electron chi connectivity index (χ1n) is 5.55. The molecule has 0 bridgehead atoms. The number of hydrogen-bond donors (Lipinski definition) is 1. The number of nitrogens with zero attached hydrogens (tertiary/aromatic N) is 1. The van der Waals surface area contributed by atoms with Crippen molar-refractivity contribution >= 4 is 11.3 Å². The Hall–Kier alpha value is -0.450. The van der Waals surface area contributed by atoms with E-state index in [1.165, 1.54) is 12.8 Å². The van der Waals surface area contributed by atoms with Crippen molar-refractivity contribution in [1.82, 2.24) is 10.3 Å². The molecule has 1 aliphatic rings. The Morgan fingerprint density at radius 1 is 1.60 bits per heavy atom. The third-order valence-electron chi connectivity index (χ3n) is 2.87. The van der Waals surface area contributed by atoms with E-state index in [0.717, 1.165) is 23.7 Å². The van der Waals surface area contributed by atoms with Crippen molar-refractivity contribution in [3.8, 4) is 0 Å². The van der Waals surface area contributed by atoms with Crippen LogP contribution in [0, 0.1) is 0 Å². The Kier molecular flexibility index (Phi) is 3.72. The largest absolute Gasteiger partial charge is 0.371 e. The van der Waals surface area contributed by atoms with Crippen LogP contribution in [0.5, 0.6) is 0 Å². The van der Waals surface area contributed by atoms with Crippen LogP contribution in [-0.2, 0) is 4.74 Å². The van der Waals surface area contributed by atoms with E-state index in [1.54, 1.807) is 11.3 Å². The standard InChI is InChI=1S/C11H18N2OS/c1-8(12-2)9-7-15-11(13-9)10-5-3-4-6-14-10/h7-8,10,12H,3-6H2,1-2H3. The minimum absolute atomic E-state index is 0.251. The Morgan fingerprint density at radius 2 is 2.47 bits per heavy atom. The molecule has 2 unspecified atom stereocenters. The van der Waals surface area contributed by atoms with Gasteiger partial charge < -0.3 is 10.1 Å². The van der Waals surface area contributed by atoms with Crippen molar-refractivity contribution in [3.05, 3.63) is 16.1 Å². The maximum Gasteiger partial charge on any atom is 0.122 e. The zero-order valence-electron chi connectivity index (χ0n) is 9.32. The molecule has 0 amide bonds. The van der Waals surface area contributed by atoms with Gasteiger partial charge in [-0.1, -0.05) is 0 Å². The van der Waals surface area contributed by atoms with Gasteiger partial charge in [-0.15, -0.1) is 11.3 Å². The van der Waals surface area contributed by atoms with Crippen LogP contribution >= 0.6 is 11.3 Å². The van der Waals surface area contributed by atoms with Crippen molar-refractivity contribution < 1.29 is 4.74 Å². The third kappa shape index (κ3) is 2.56. The van der Waals surface area contributed by atoms with Crippen LogP contribution in [0.2, 0.25) is 0 Å². The highest BCUT2D eigenvalue weighted by Gasteiger charge is 2.20. The van der Waals surface area contributed by atoms with Gasteiger partial charge in [-0.05, 0) is 33.2 Å². The van der Waals surface area contributed by atoms with Crippen LogP contribution in [0.3, 0.4) is 0 Å². The van der Waals surface area contributed by atoms with Gasteiger partial charge >= 0.3 is 0 Å². The monoisotopic (exact) mass is 226 g/mol. The van der Waals surface area contributed by atoms with Crippen LogP contribution < -0.4 is 5.32 Å². The van der Waals surface area contributed by atoms with Gasteiger partial charge in [-0.25, -0.2) is 4.98 Å². The number of thiazole rings is 1. The summed E-state index contributed by atoms with van der Waals surface area (Å²) in [5, 5.41) is 6.48. The van der Waals surface area contributed by atoms with Crippen LogP contribution in [0.25, 0.3) is 0 Å². The second kappa shape index (κ2) is 5.05. The fourth-order valence-electron chi connectivity index (χ4n) is 1.73. The molecule has 1 aliphatic heterocycles. The van der Waals surface area contributed by atoms with E-state index in [-0.39, 0.29) is 6.10 Å². The Morgan fingerprint density at radius 3 is 3.13 bits per heavy atom. The Labute approximate surface area is 94.9 Å². The molecule has 1 N–H and O–H groups in total. The van der Waals surface area contributed by atoms with E-state index >= 15 is 0 Å². The average Bonchev–Trinajstić information content (AvgIpc) is 2.78. The van der Waals surface area contributed by atoms with Gasteiger partial charge in [0, 0.05) is 18.0 Å². The first-order chi connectivity index (χ1) is 7.31. The van der Waals surface area contributed by atoms with Crippen LogP contribution in [0.15, 0.2) is 5.38 Å². The summed E-state index contributed by atoms with van der Waals surface area (Å²) in [5.41, 5.74) is 1.13. The fraction of sp³-hybridized carbons (Fsp3) is 0.727. The first kappa shape index (κ1) is 11.0. The van der Waals surface area contributed by atoms with Crippen LogP contribution in [0.4, 0.5) is 0 Å². The summed E-state index contributed by atoms with van der Waals surface area (Å²) in [7, 11) is 1.96. The molecule has 4 heteroatoms. The van der Waals surface area contributed by atoms with Gasteiger partial charge in [0.15, 0.2) is 0 Å². The van der Waals surface area contributed by atoms with Gasteiger partial charge in [0.2, 0.25) is 0 Å². The Bertz CT molecular complexity index is 307. The average molecular weight is 226 g/mol.